The fraction of sp³-hybridized carbons (Fsp3) is 0.278. The number of rotatable bonds is 6. The standard InChI is InChI=1S/C18H18ClN3O2/c1-2-3-4-7-16(23)21-12-8-9-14(19)13(11-12)18-22-17-15(24-18)6-5-10-20-17/h5-6,8-11H,2-4,7H2,1H3,(H,21,23). The predicted molar refractivity (Wildman–Crippen MR) is 95.0 cm³/mol. The van der Waals surface area contributed by atoms with E-state index in [9.17, 15) is 4.79 Å². The van der Waals surface area contributed by atoms with Crippen LogP contribution in [0.5, 0.6) is 0 Å². The minimum Gasteiger partial charge on any atom is -0.434 e. The molecule has 0 radical (unpaired) electrons. The Morgan fingerprint density at radius 3 is 2.96 bits per heavy atom. The van der Waals surface area contributed by atoms with Crippen LogP contribution in [0.4, 0.5) is 5.69 Å². The van der Waals surface area contributed by atoms with Gasteiger partial charge >= 0.3 is 0 Å². The van der Waals surface area contributed by atoms with Crippen molar-refractivity contribution in [2.75, 3.05) is 5.32 Å². The summed E-state index contributed by atoms with van der Waals surface area (Å²) in [4.78, 5) is 20.5. The van der Waals surface area contributed by atoms with Crippen molar-refractivity contribution in [1.29, 1.82) is 0 Å². The highest BCUT2D eigenvalue weighted by atomic mass is 35.5. The van der Waals surface area contributed by atoms with E-state index in [-0.39, 0.29) is 5.91 Å². The Labute approximate surface area is 145 Å². The Balaban J connectivity index is 1.82. The summed E-state index contributed by atoms with van der Waals surface area (Å²) in [6.07, 6.45) is 5.20. The second kappa shape index (κ2) is 7.45. The highest BCUT2D eigenvalue weighted by molar-refractivity contribution is 6.33. The van der Waals surface area contributed by atoms with Crippen molar-refractivity contribution in [3.8, 4) is 11.5 Å². The molecule has 6 heteroatoms. The Morgan fingerprint density at radius 2 is 2.17 bits per heavy atom. The molecule has 0 aliphatic rings. The van der Waals surface area contributed by atoms with Gasteiger partial charge in [-0.05, 0) is 36.8 Å². The van der Waals surface area contributed by atoms with Crippen LogP contribution in [0.1, 0.15) is 32.6 Å². The number of carbonyl (C=O) groups excluding carboxylic acids is 1. The van der Waals surface area contributed by atoms with E-state index >= 15 is 0 Å². The molecule has 0 atom stereocenters. The number of anilines is 1. The fourth-order valence-electron chi connectivity index (χ4n) is 2.41. The minimum atomic E-state index is -0.00375. The molecule has 3 aromatic rings. The van der Waals surface area contributed by atoms with Crippen LogP contribution >= 0.6 is 11.6 Å². The SMILES string of the molecule is CCCCCC(=O)Nc1ccc(Cl)c(-c2nc3ncccc3o2)c1. The van der Waals surface area contributed by atoms with Gasteiger partial charge in [0.2, 0.25) is 11.8 Å². The number of hydrogen-bond donors (Lipinski definition) is 1. The first-order chi connectivity index (χ1) is 11.7. The molecule has 3 rings (SSSR count). The molecule has 5 nitrogen and oxygen atoms in total. The largest absolute Gasteiger partial charge is 0.434 e. The number of carbonyl (C=O) groups is 1. The summed E-state index contributed by atoms with van der Waals surface area (Å²) < 4.78 is 5.70. The molecular weight excluding hydrogens is 326 g/mol. The van der Waals surface area contributed by atoms with E-state index in [0.717, 1.165) is 19.3 Å². The molecule has 1 aromatic carbocycles. The van der Waals surface area contributed by atoms with Crippen molar-refractivity contribution in [2.24, 2.45) is 0 Å². The molecule has 1 N–H and O–H groups in total. The fourth-order valence-corrected chi connectivity index (χ4v) is 2.61. The van der Waals surface area contributed by atoms with Gasteiger partial charge in [-0.1, -0.05) is 31.4 Å². The molecule has 0 saturated carbocycles. The summed E-state index contributed by atoms with van der Waals surface area (Å²) in [5.41, 5.74) is 2.42. The zero-order valence-electron chi connectivity index (χ0n) is 13.4. The third-order valence-electron chi connectivity index (χ3n) is 3.65. The van der Waals surface area contributed by atoms with Crippen molar-refractivity contribution in [2.45, 2.75) is 32.6 Å². The normalized spacial score (nSPS) is 10.9. The third kappa shape index (κ3) is 3.74. The molecule has 0 saturated heterocycles. The van der Waals surface area contributed by atoms with Gasteiger partial charge < -0.3 is 9.73 Å². The summed E-state index contributed by atoms with van der Waals surface area (Å²) in [6.45, 7) is 2.11. The zero-order chi connectivity index (χ0) is 16.9. The van der Waals surface area contributed by atoms with Gasteiger partial charge in [0.1, 0.15) is 0 Å². The Morgan fingerprint density at radius 1 is 1.29 bits per heavy atom. The number of benzene rings is 1. The van der Waals surface area contributed by atoms with Crippen LogP contribution in [0, 0.1) is 0 Å². The second-order valence-corrected chi connectivity index (χ2v) is 5.95. The Kier molecular flexibility index (Phi) is 5.11. The molecule has 0 aliphatic heterocycles. The van der Waals surface area contributed by atoms with Gasteiger partial charge in [-0.25, -0.2) is 4.98 Å². The summed E-state index contributed by atoms with van der Waals surface area (Å²) in [5.74, 6) is 0.381. The first kappa shape index (κ1) is 16.5. The van der Waals surface area contributed by atoms with Crippen LogP contribution < -0.4 is 5.32 Å². The van der Waals surface area contributed by atoms with Gasteiger partial charge in [0.05, 0.1) is 10.6 Å². The number of hydrogen-bond acceptors (Lipinski definition) is 4. The monoisotopic (exact) mass is 343 g/mol. The van der Waals surface area contributed by atoms with Gasteiger partial charge in [0.25, 0.3) is 0 Å². The summed E-state index contributed by atoms with van der Waals surface area (Å²) >= 11 is 6.26. The topological polar surface area (TPSA) is 68.0 Å². The maximum Gasteiger partial charge on any atom is 0.230 e. The van der Waals surface area contributed by atoms with Crippen LogP contribution in [0.2, 0.25) is 5.02 Å². The lowest BCUT2D eigenvalue weighted by molar-refractivity contribution is -0.116. The molecule has 0 spiro atoms. The first-order valence-corrected chi connectivity index (χ1v) is 8.36. The number of oxazole rings is 1. The van der Waals surface area contributed by atoms with Crippen LogP contribution in [0.15, 0.2) is 40.9 Å². The third-order valence-corrected chi connectivity index (χ3v) is 3.98. The number of unbranched alkanes of at least 4 members (excludes halogenated alkanes) is 2. The number of amides is 1. The molecule has 2 heterocycles. The average Bonchev–Trinajstić information content (AvgIpc) is 3.00. The molecule has 0 bridgehead atoms. The van der Waals surface area contributed by atoms with Gasteiger partial charge in [-0.3, -0.25) is 4.79 Å². The smallest absolute Gasteiger partial charge is 0.230 e. The van der Waals surface area contributed by atoms with Crippen molar-refractivity contribution in [3.63, 3.8) is 0 Å². The van der Waals surface area contributed by atoms with Crippen LogP contribution in [0.3, 0.4) is 0 Å². The summed E-state index contributed by atoms with van der Waals surface area (Å²) in [5, 5.41) is 3.39. The quantitative estimate of drug-likeness (QED) is 0.635. The van der Waals surface area contributed by atoms with Crippen molar-refractivity contribution in [3.05, 3.63) is 41.6 Å². The summed E-state index contributed by atoms with van der Waals surface area (Å²) in [7, 11) is 0. The number of pyridine rings is 1. The average molecular weight is 344 g/mol. The molecular formula is C18H18ClN3O2. The number of aromatic nitrogens is 2. The predicted octanol–water partition coefficient (Wildman–Crippen LogP) is 5.06. The van der Waals surface area contributed by atoms with Crippen molar-refractivity contribution < 1.29 is 9.21 Å². The van der Waals surface area contributed by atoms with Crippen LogP contribution in [0.25, 0.3) is 22.7 Å². The van der Waals surface area contributed by atoms with Crippen LogP contribution in [-0.4, -0.2) is 15.9 Å². The minimum absolute atomic E-state index is 0.00375. The van der Waals surface area contributed by atoms with Crippen molar-refractivity contribution >= 4 is 34.4 Å². The molecule has 124 valence electrons. The number of halogens is 1. The lowest BCUT2D eigenvalue weighted by atomic mass is 10.1. The number of nitrogens with zero attached hydrogens (tertiary/aromatic N) is 2. The molecule has 1 amide bonds. The van der Waals surface area contributed by atoms with E-state index in [2.05, 4.69) is 22.2 Å². The van der Waals surface area contributed by atoms with E-state index in [1.165, 1.54) is 0 Å². The lowest BCUT2D eigenvalue weighted by Gasteiger charge is -2.07. The Bertz CT molecular complexity index is 827. The molecule has 0 fully saturated rings. The number of nitrogens with one attached hydrogen (secondary N) is 1. The van der Waals surface area contributed by atoms with E-state index in [1.807, 2.05) is 0 Å². The molecule has 0 aliphatic carbocycles. The van der Waals surface area contributed by atoms with E-state index in [1.54, 1.807) is 36.5 Å². The highest BCUT2D eigenvalue weighted by Crippen LogP contribution is 2.31. The van der Waals surface area contributed by atoms with E-state index in [4.69, 9.17) is 16.0 Å². The molecule has 24 heavy (non-hydrogen) atoms. The van der Waals surface area contributed by atoms with Crippen molar-refractivity contribution in [1.82, 2.24) is 9.97 Å². The van der Waals surface area contributed by atoms with Gasteiger partial charge in [-0.15, -0.1) is 0 Å². The summed E-state index contributed by atoms with van der Waals surface area (Å²) in [6, 6.07) is 8.84. The first-order valence-electron chi connectivity index (χ1n) is 7.98. The second-order valence-electron chi connectivity index (χ2n) is 5.54. The van der Waals surface area contributed by atoms with Gasteiger partial charge in [0, 0.05) is 18.3 Å². The zero-order valence-corrected chi connectivity index (χ0v) is 14.1. The van der Waals surface area contributed by atoms with Crippen LogP contribution in [-0.2, 0) is 4.79 Å². The Hall–Kier alpha value is -2.40. The molecule has 2 aromatic heterocycles. The van der Waals surface area contributed by atoms with Gasteiger partial charge in [0.15, 0.2) is 11.2 Å². The van der Waals surface area contributed by atoms with E-state index < -0.39 is 0 Å². The van der Waals surface area contributed by atoms with Gasteiger partial charge in [-0.2, -0.15) is 4.98 Å². The van der Waals surface area contributed by atoms with E-state index in [0.29, 0.717) is 39.8 Å². The maximum absolute atomic E-state index is 12.0. The number of fused-ring (bicyclic) bond motifs is 1. The molecule has 0 unspecified atom stereocenters. The maximum atomic E-state index is 12.0. The highest BCUT2D eigenvalue weighted by Gasteiger charge is 2.13. The lowest BCUT2D eigenvalue weighted by Crippen LogP contribution is -2.11.